The van der Waals surface area contributed by atoms with Crippen LogP contribution < -0.4 is 5.32 Å². The highest BCUT2D eigenvalue weighted by Crippen LogP contribution is 2.20. The maximum Gasteiger partial charge on any atom is 0.328 e. The summed E-state index contributed by atoms with van der Waals surface area (Å²) in [6.07, 6.45) is 3.33. The minimum Gasteiger partial charge on any atom is -0.480 e. The molecule has 2 rings (SSSR count). The lowest BCUT2D eigenvalue weighted by Crippen LogP contribution is -2.59. The largest absolute Gasteiger partial charge is 0.480 e. The third kappa shape index (κ3) is 2.74. The summed E-state index contributed by atoms with van der Waals surface area (Å²) in [5, 5.41) is 12.1. The van der Waals surface area contributed by atoms with E-state index in [2.05, 4.69) is 10.3 Å². The monoisotopic (exact) mass is 295 g/mol. The standard InChI is InChI=1S/C12H13N3O4S/c1-20-10-7(3-2-4-13-10)11(17)15-6-9(16)14-5-8(15)12(18)19/h2-4,8H,5-6H2,1H3,(H,14,16)(H,18,19). The zero-order valence-corrected chi connectivity index (χ0v) is 11.5. The Morgan fingerprint density at radius 2 is 2.30 bits per heavy atom. The van der Waals surface area contributed by atoms with Crippen LogP contribution in [0.2, 0.25) is 0 Å². The molecule has 0 bridgehead atoms. The fourth-order valence-electron chi connectivity index (χ4n) is 1.95. The second kappa shape index (κ2) is 5.91. The smallest absolute Gasteiger partial charge is 0.328 e. The summed E-state index contributed by atoms with van der Waals surface area (Å²) in [7, 11) is 0. The van der Waals surface area contributed by atoms with E-state index in [1.54, 1.807) is 24.6 Å². The molecule has 7 nitrogen and oxygen atoms in total. The lowest BCUT2D eigenvalue weighted by atomic mass is 10.1. The lowest BCUT2D eigenvalue weighted by molar-refractivity contribution is -0.144. The van der Waals surface area contributed by atoms with E-state index in [4.69, 9.17) is 5.11 Å². The van der Waals surface area contributed by atoms with Gasteiger partial charge in [-0.25, -0.2) is 9.78 Å². The first-order valence-corrected chi connectivity index (χ1v) is 7.06. The van der Waals surface area contributed by atoms with Gasteiger partial charge in [0.05, 0.1) is 5.56 Å². The first kappa shape index (κ1) is 14.3. The molecule has 0 saturated carbocycles. The molecule has 20 heavy (non-hydrogen) atoms. The topological polar surface area (TPSA) is 99.6 Å². The molecule has 0 aliphatic carbocycles. The molecule has 106 valence electrons. The van der Waals surface area contributed by atoms with Gasteiger partial charge in [0.1, 0.15) is 17.6 Å². The van der Waals surface area contributed by atoms with Crippen LogP contribution in [0.4, 0.5) is 0 Å². The highest BCUT2D eigenvalue weighted by atomic mass is 32.2. The predicted octanol–water partition coefficient (Wildman–Crippen LogP) is -0.171. The van der Waals surface area contributed by atoms with Crippen LogP contribution in [0.15, 0.2) is 23.4 Å². The minimum absolute atomic E-state index is 0.0885. The van der Waals surface area contributed by atoms with Crippen LogP contribution in [0.1, 0.15) is 10.4 Å². The van der Waals surface area contributed by atoms with E-state index in [0.717, 1.165) is 4.90 Å². The summed E-state index contributed by atoms with van der Waals surface area (Å²) in [5.41, 5.74) is 0.306. The Hall–Kier alpha value is -2.09. The quantitative estimate of drug-likeness (QED) is 0.751. The van der Waals surface area contributed by atoms with Crippen molar-refractivity contribution in [3.05, 3.63) is 23.9 Å². The molecular formula is C12H13N3O4S. The van der Waals surface area contributed by atoms with E-state index in [9.17, 15) is 14.4 Å². The number of thioether (sulfide) groups is 1. The Morgan fingerprint density at radius 3 is 2.95 bits per heavy atom. The normalized spacial score (nSPS) is 18.6. The van der Waals surface area contributed by atoms with Crippen LogP contribution in [0, 0.1) is 0 Å². The number of carbonyl (C=O) groups is 3. The number of nitrogens with one attached hydrogen (secondary N) is 1. The van der Waals surface area contributed by atoms with E-state index in [0.29, 0.717) is 10.6 Å². The van der Waals surface area contributed by atoms with Gasteiger partial charge in [-0.15, -0.1) is 11.8 Å². The number of pyridine rings is 1. The van der Waals surface area contributed by atoms with Crippen molar-refractivity contribution in [2.45, 2.75) is 11.1 Å². The molecule has 2 heterocycles. The van der Waals surface area contributed by atoms with Crippen molar-refractivity contribution in [2.75, 3.05) is 19.3 Å². The Labute approximate surface area is 119 Å². The zero-order chi connectivity index (χ0) is 14.7. The molecule has 1 unspecified atom stereocenters. The molecule has 1 fully saturated rings. The molecule has 1 atom stereocenters. The van der Waals surface area contributed by atoms with Crippen LogP contribution in [0.3, 0.4) is 0 Å². The number of rotatable bonds is 3. The van der Waals surface area contributed by atoms with E-state index < -0.39 is 17.9 Å². The number of carbonyl (C=O) groups excluding carboxylic acids is 2. The minimum atomic E-state index is -1.15. The molecule has 1 aromatic rings. The van der Waals surface area contributed by atoms with Gasteiger partial charge in [-0.1, -0.05) is 0 Å². The SMILES string of the molecule is CSc1ncccc1C(=O)N1CC(=O)NCC1C(=O)O. The van der Waals surface area contributed by atoms with E-state index >= 15 is 0 Å². The third-order valence-corrected chi connectivity index (χ3v) is 3.64. The van der Waals surface area contributed by atoms with Crippen LogP contribution in [-0.4, -0.2) is 58.2 Å². The van der Waals surface area contributed by atoms with Crippen LogP contribution in [0.5, 0.6) is 0 Å². The molecule has 0 spiro atoms. The number of aliphatic carboxylic acids is 1. The van der Waals surface area contributed by atoms with Crippen LogP contribution >= 0.6 is 11.8 Å². The third-order valence-electron chi connectivity index (χ3n) is 2.92. The molecule has 0 radical (unpaired) electrons. The summed E-state index contributed by atoms with van der Waals surface area (Å²) in [5.74, 6) is -2.01. The number of carboxylic acid groups (broad SMARTS) is 1. The summed E-state index contributed by atoms with van der Waals surface area (Å²) < 4.78 is 0. The molecule has 2 N–H and O–H groups in total. The number of aromatic nitrogens is 1. The van der Waals surface area contributed by atoms with E-state index in [-0.39, 0.29) is 19.0 Å². The van der Waals surface area contributed by atoms with E-state index in [1.807, 2.05) is 0 Å². The van der Waals surface area contributed by atoms with Gasteiger partial charge in [-0.3, -0.25) is 9.59 Å². The Morgan fingerprint density at radius 1 is 1.55 bits per heavy atom. The second-order valence-corrected chi connectivity index (χ2v) is 4.95. The van der Waals surface area contributed by atoms with Gasteiger partial charge >= 0.3 is 5.97 Å². The summed E-state index contributed by atoms with van der Waals surface area (Å²) >= 11 is 1.29. The van der Waals surface area contributed by atoms with Crippen molar-refractivity contribution in [1.29, 1.82) is 0 Å². The fourth-order valence-corrected chi connectivity index (χ4v) is 2.49. The second-order valence-electron chi connectivity index (χ2n) is 4.15. The number of piperazine rings is 1. The number of hydrogen-bond acceptors (Lipinski definition) is 5. The predicted molar refractivity (Wildman–Crippen MR) is 71.5 cm³/mol. The molecule has 0 aromatic carbocycles. The Kier molecular flexibility index (Phi) is 4.23. The van der Waals surface area contributed by atoms with Crippen LogP contribution in [-0.2, 0) is 9.59 Å². The first-order valence-electron chi connectivity index (χ1n) is 5.84. The Balaban J connectivity index is 2.33. The summed E-state index contributed by atoms with van der Waals surface area (Å²) in [4.78, 5) is 40.2. The molecule has 1 aromatic heterocycles. The van der Waals surface area contributed by atoms with Crippen molar-refractivity contribution >= 4 is 29.5 Å². The highest BCUT2D eigenvalue weighted by Gasteiger charge is 2.36. The van der Waals surface area contributed by atoms with Crippen molar-refractivity contribution in [3.63, 3.8) is 0 Å². The maximum absolute atomic E-state index is 12.5. The van der Waals surface area contributed by atoms with Gasteiger partial charge in [0.25, 0.3) is 5.91 Å². The first-order chi connectivity index (χ1) is 9.54. The zero-order valence-electron chi connectivity index (χ0n) is 10.7. The molecule has 8 heteroatoms. The highest BCUT2D eigenvalue weighted by molar-refractivity contribution is 7.98. The number of carboxylic acids is 1. The molecule has 1 saturated heterocycles. The Bertz CT molecular complexity index is 563. The van der Waals surface area contributed by atoms with E-state index in [1.165, 1.54) is 11.8 Å². The van der Waals surface area contributed by atoms with Crippen molar-refractivity contribution < 1.29 is 19.5 Å². The van der Waals surface area contributed by atoms with Gasteiger partial charge in [0.15, 0.2) is 0 Å². The van der Waals surface area contributed by atoms with Crippen LogP contribution in [0.25, 0.3) is 0 Å². The average Bonchev–Trinajstić information content (AvgIpc) is 2.46. The van der Waals surface area contributed by atoms with Gasteiger partial charge in [0.2, 0.25) is 5.91 Å². The van der Waals surface area contributed by atoms with Gasteiger partial charge in [-0.05, 0) is 18.4 Å². The summed E-state index contributed by atoms with van der Waals surface area (Å²) in [6, 6.07) is 2.12. The molecule has 2 amide bonds. The van der Waals surface area contributed by atoms with Gasteiger partial charge in [-0.2, -0.15) is 0 Å². The lowest BCUT2D eigenvalue weighted by Gasteiger charge is -2.32. The maximum atomic E-state index is 12.5. The summed E-state index contributed by atoms with van der Waals surface area (Å²) in [6.45, 7) is -0.354. The average molecular weight is 295 g/mol. The number of nitrogens with zero attached hydrogens (tertiary/aromatic N) is 2. The molecule has 1 aliphatic rings. The van der Waals surface area contributed by atoms with Crippen molar-refractivity contribution in [3.8, 4) is 0 Å². The number of amides is 2. The molecular weight excluding hydrogens is 282 g/mol. The van der Waals surface area contributed by atoms with Gasteiger partial charge < -0.3 is 15.3 Å². The van der Waals surface area contributed by atoms with Crippen molar-refractivity contribution in [2.24, 2.45) is 0 Å². The fraction of sp³-hybridized carbons (Fsp3) is 0.333. The van der Waals surface area contributed by atoms with Gasteiger partial charge in [0, 0.05) is 12.7 Å². The number of hydrogen-bond donors (Lipinski definition) is 2. The molecule has 1 aliphatic heterocycles. The van der Waals surface area contributed by atoms with Crippen molar-refractivity contribution in [1.82, 2.24) is 15.2 Å².